The highest BCUT2D eigenvalue weighted by Crippen LogP contribution is 2.40. The summed E-state index contributed by atoms with van der Waals surface area (Å²) in [5, 5.41) is 2.65. The molecule has 2 unspecified atom stereocenters. The number of nitrogens with zero attached hydrogens (tertiary/aromatic N) is 3. The van der Waals surface area contributed by atoms with Gasteiger partial charge in [0.05, 0.1) is 0 Å². The summed E-state index contributed by atoms with van der Waals surface area (Å²) in [4.78, 5) is 34.1. The molecule has 146 valence electrons. The van der Waals surface area contributed by atoms with Crippen LogP contribution in [0.25, 0.3) is 11.6 Å². The van der Waals surface area contributed by atoms with E-state index in [9.17, 15) is 9.59 Å². The number of nitrogens with one attached hydrogen (secondary N) is 1. The third-order valence-electron chi connectivity index (χ3n) is 5.66. The Balaban J connectivity index is 1.23. The number of rotatable bonds is 3. The molecule has 2 aliphatic heterocycles. The zero-order chi connectivity index (χ0) is 19.8. The van der Waals surface area contributed by atoms with E-state index in [1.54, 1.807) is 24.4 Å². The molecule has 7 heteroatoms. The summed E-state index contributed by atoms with van der Waals surface area (Å²) < 4.78 is 5.37. The number of allylic oxidation sites excluding steroid dienone is 1. The van der Waals surface area contributed by atoms with Crippen LogP contribution in [-0.2, 0) is 9.59 Å². The second-order valence-electron chi connectivity index (χ2n) is 7.58. The molecule has 4 heterocycles. The Labute approximate surface area is 168 Å². The van der Waals surface area contributed by atoms with Crippen LogP contribution < -0.4 is 10.1 Å². The normalized spacial score (nSPS) is 22.7. The maximum atomic E-state index is 12.6. The van der Waals surface area contributed by atoms with Gasteiger partial charge in [-0.1, -0.05) is 6.08 Å². The fourth-order valence-corrected chi connectivity index (χ4v) is 4.21. The lowest BCUT2D eigenvalue weighted by molar-refractivity contribution is -0.125. The molecule has 1 aliphatic carbocycles. The van der Waals surface area contributed by atoms with Crippen molar-refractivity contribution < 1.29 is 14.3 Å². The summed E-state index contributed by atoms with van der Waals surface area (Å²) in [5.74, 6) is 1.61. The number of fused-ring (bicyclic) bond motifs is 2. The van der Waals surface area contributed by atoms with Crippen LogP contribution in [0.5, 0.6) is 5.75 Å². The third kappa shape index (κ3) is 3.51. The topological polar surface area (TPSA) is 84.4 Å². The quantitative estimate of drug-likeness (QED) is 0.816. The van der Waals surface area contributed by atoms with E-state index in [0.717, 1.165) is 25.1 Å². The van der Waals surface area contributed by atoms with Gasteiger partial charge in [0.25, 0.3) is 5.91 Å². The highest BCUT2D eigenvalue weighted by atomic mass is 16.5. The number of amides is 2. The molecule has 0 spiro atoms. The summed E-state index contributed by atoms with van der Waals surface area (Å²) in [5.41, 5.74) is 3.34. The predicted octanol–water partition coefficient (Wildman–Crippen LogP) is 2.38. The van der Waals surface area contributed by atoms with Crippen LogP contribution in [0.15, 0.2) is 48.9 Å². The van der Waals surface area contributed by atoms with Gasteiger partial charge in [-0.05, 0) is 59.2 Å². The number of carbonyl (C=O) groups is 2. The number of hydrogen-bond acceptors (Lipinski definition) is 5. The van der Waals surface area contributed by atoms with Crippen LogP contribution in [0, 0.1) is 11.8 Å². The lowest BCUT2D eigenvalue weighted by Crippen LogP contribution is -2.27. The van der Waals surface area contributed by atoms with Crippen LogP contribution in [0.3, 0.4) is 0 Å². The molecule has 1 saturated heterocycles. The molecule has 3 aliphatic rings. The summed E-state index contributed by atoms with van der Waals surface area (Å²) in [7, 11) is 0. The lowest BCUT2D eigenvalue weighted by atomic mass is 9.99. The summed E-state index contributed by atoms with van der Waals surface area (Å²) in [6.45, 7) is 1.50. The van der Waals surface area contributed by atoms with Gasteiger partial charge in [-0.15, -0.1) is 0 Å². The van der Waals surface area contributed by atoms with Crippen molar-refractivity contribution in [2.75, 3.05) is 25.0 Å². The van der Waals surface area contributed by atoms with E-state index in [0.29, 0.717) is 23.4 Å². The van der Waals surface area contributed by atoms with E-state index >= 15 is 0 Å². The van der Waals surface area contributed by atoms with E-state index < -0.39 is 0 Å². The molecule has 2 atom stereocenters. The molecule has 1 fully saturated rings. The van der Waals surface area contributed by atoms with Crippen LogP contribution in [0.4, 0.5) is 5.82 Å². The van der Waals surface area contributed by atoms with Gasteiger partial charge in [0.2, 0.25) is 5.91 Å². The SMILES string of the molecule is O=C1COc2cc(/C=C/C(=O)N3CC4C=C(c5ccncc5)CC4C3)cnc2N1. The zero-order valence-electron chi connectivity index (χ0n) is 15.7. The van der Waals surface area contributed by atoms with Crippen molar-refractivity contribution in [1.29, 1.82) is 0 Å². The van der Waals surface area contributed by atoms with Gasteiger partial charge in [-0.2, -0.15) is 0 Å². The van der Waals surface area contributed by atoms with E-state index in [1.807, 2.05) is 29.4 Å². The first-order valence-electron chi connectivity index (χ1n) is 9.66. The Bertz CT molecular complexity index is 1030. The Morgan fingerprint density at radius 3 is 2.97 bits per heavy atom. The van der Waals surface area contributed by atoms with Crippen molar-refractivity contribution >= 4 is 29.3 Å². The summed E-state index contributed by atoms with van der Waals surface area (Å²) >= 11 is 0. The number of aromatic nitrogens is 2. The summed E-state index contributed by atoms with van der Waals surface area (Å²) in [6.07, 6.45) is 11.9. The number of hydrogen-bond donors (Lipinski definition) is 1. The van der Waals surface area contributed by atoms with Crippen LogP contribution >= 0.6 is 0 Å². The monoisotopic (exact) mass is 388 g/mol. The first kappa shape index (κ1) is 17.6. The molecular formula is C22H20N4O3. The molecule has 0 bridgehead atoms. The molecule has 2 aromatic rings. The fourth-order valence-electron chi connectivity index (χ4n) is 4.21. The van der Waals surface area contributed by atoms with Gasteiger partial charge in [-0.3, -0.25) is 14.6 Å². The standard InChI is InChI=1S/C22H20N4O3/c27-20-13-29-19-7-14(10-24-22(19)25-20)1-2-21(28)26-11-17-8-16(9-18(17)12-26)15-3-5-23-6-4-15/h1-8,10,17-18H,9,11-13H2,(H,24,25,27)/b2-1+. The van der Waals surface area contributed by atoms with Crippen molar-refractivity contribution in [3.63, 3.8) is 0 Å². The lowest BCUT2D eigenvalue weighted by Gasteiger charge is -2.17. The minimum absolute atomic E-state index is 0.00482. The average molecular weight is 388 g/mol. The van der Waals surface area contributed by atoms with Gasteiger partial charge < -0.3 is 15.0 Å². The first-order valence-corrected chi connectivity index (χ1v) is 9.66. The van der Waals surface area contributed by atoms with E-state index in [-0.39, 0.29) is 18.4 Å². The zero-order valence-corrected chi connectivity index (χ0v) is 15.7. The average Bonchev–Trinajstić information content (AvgIpc) is 3.32. The largest absolute Gasteiger partial charge is 0.480 e. The van der Waals surface area contributed by atoms with E-state index in [2.05, 4.69) is 21.4 Å². The van der Waals surface area contributed by atoms with Gasteiger partial charge in [-0.25, -0.2) is 4.98 Å². The molecular weight excluding hydrogens is 368 g/mol. The van der Waals surface area contributed by atoms with Crippen molar-refractivity contribution in [3.05, 3.63) is 60.1 Å². The van der Waals surface area contributed by atoms with Crippen molar-refractivity contribution in [2.24, 2.45) is 11.8 Å². The number of pyridine rings is 2. The minimum atomic E-state index is -0.218. The highest BCUT2D eigenvalue weighted by molar-refractivity contribution is 5.95. The molecule has 0 saturated carbocycles. The third-order valence-corrected chi connectivity index (χ3v) is 5.66. The van der Waals surface area contributed by atoms with E-state index in [4.69, 9.17) is 4.74 Å². The summed E-state index contributed by atoms with van der Waals surface area (Å²) in [6, 6.07) is 5.86. The maximum Gasteiger partial charge on any atom is 0.263 e. The number of carbonyl (C=O) groups excluding carboxylic acids is 2. The van der Waals surface area contributed by atoms with Gasteiger partial charge >= 0.3 is 0 Å². The number of ether oxygens (including phenoxy) is 1. The molecule has 29 heavy (non-hydrogen) atoms. The van der Waals surface area contributed by atoms with Gasteiger partial charge in [0.15, 0.2) is 18.2 Å². The van der Waals surface area contributed by atoms with Gasteiger partial charge in [0, 0.05) is 37.8 Å². The molecule has 5 rings (SSSR count). The molecule has 0 aromatic carbocycles. The fraction of sp³-hybridized carbons (Fsp3) is 0.273. The Morgan fingerprint density at radius 1 is 1.28 bits per heavy atom. The Kier molecular flexibility index (Phi) is 4.35. The Morgan fingerprint density at radius 2 is 2.14 bits per heavy atom. The molecule has 2 aromatic heterocycles. The second kappa shape index (κ2) is 7.16. The molecule has 2 amide bonds. The van der Waals surface area contributed by atoms with E-state index in [1.165, 1.54) is 11.1 Å². The van der Waals surface area contributed by atoms with Crippen LogP contribution in [0.2, 0.25) is 0 Å². The molecule has 1 N–H and O–H groups in total. The second-order valence-corrected chi connectivity index (χ2v) is 7.58. The first-order chi connectivity index (χ1) is 14.2. The molecule has 7 nitrogen and oxygen atoms in total. The van der Waals surface area contributed by atoms with Gasteiger partial charge in [0.1, 0.15) is 0 Å². The molecule has 0 radical (unpaired) electrons. The smallest absolute Gasteiger partial charge is 0.263 e. The number of likely N-dealkylation sites (tertiary alicyclic amines) is 1. The predicted molar refractivity (Wildman–Crippen MR) is 108 cm³/mol. The number of anilines is 1. The van der Waals surface area contributed by atoms with Crippen molar-refractivity contribution in [2.45, 2.75) is 6.42 Å². The Hall–Kier alpha value is -3.48. The van der Waals surface area contributed by atoms with Crippen LogP contribution in [0.1, 0.15) is 17.5 Å². The van der Waals surface area contributed by atoms with Crippen molar-refractivity contribution in [1.82, 2.24) is 14.9 Å². The van der Waals surface area contributed by atoms with Crippen molar-refractivity contribution in [3.8, 4) is 5.75 Å². The van der Waals surface area contributed by atoms with Crippen LogP contribution in [-0.4, -0.2) is 46.4 Å². The maximum absolute atomic E-state index is 12.6. The highest BCUT2D eigenvalue weighted by Gasteiger charge is 2.37. The minimum Gasteiger partial charge on any atom is -0.480 e.